The fourth-order valence-corrected chi connectivity index (χ4v) is 9.05. The highest BCUT2D eigenvalue weighted by atomic mass is 16.6. The van der Waals surface area contributed by atoms with Crippen LogP contribution in [0.5, 0.6) is 17.2 Å². The first kappa shape index (κ1) is 45.9. The number of epoxide rings is 2. The van der Waals surface area contributed by atoms with Gasteiger partial charge in [0.15, 0.2) is 0 Å². The van der Waals surface area contributed by atoms with Gasteiger partial charge >= 0.3 is 5.97 Å². The minimum atomic E-state index is -0.376. The van der Waals surface area contributed by atoms with E-state index in [1.165, 1.54) is 154 Å². The van der Waals surface area contributed by atoms with Crippen molar-refractivity contribution < 1.29 is 38.0 Å². The first-order valence-corrected chi connectivity index (χ1v) is 24.3. The van der Waals surface area contributed by atoms with Crippen LogP contribution in [-0.2, 0) is 18.9 Å². The summed E-state index contributed by atoms with van der Waals surface area (Å²) in [6.45, 7) is 5.13. The third-order valence-electron chi connectivity index (χ3n) is 13.0. The molecular weight excluding hydrogens is 741 g/mol. The normalized spacial score (nSPS) is 23.0. The number of hydrogen-bond acceptors (Lipinski definition) is 8. The number of unbranched alkanes of at least 4 members (excludes halogenated alkanes) is 18. The molecule has 2 heterocycles. The predicted molar refractivity (Wildman–Crippen MR) is 235 cm³/mol. The van der Waals surface area contributed by atoms with E-state index in [1.807, 2.05) is 24.3 Å². The summed E-state index contributed by atoms with van der Waals surface area (Å²) < 4.78 is 40.6. The number of rotatable bonds is 34. The van der Waals surface area contributed by atoms with Crippen molar-refractivity contribution in [3.8, 4) is 17.2 Å². The molecular formula is C51H78O8. The van der Waals surface area contributed by atoms with E-state index in [0.29, 0.717) is 48.9 Å². The molecule has 6 rings (SSSR count). The molecule has 59 heavy (non-hydrogen) atoms. The van der Waals surface area contributed by atoms with Crippen LogP contribution in [-0.4, -0.2) is 70.0 Å². The summed E-state index contributed by atoms with van der Waals surface area (Å²) in [5.41, 5.74) is 0.505. The largest absolute Gasteiger partial charge is 0.494 e. The number of carbonyl (C=O) groups is 1. The Balaban J connectivity index is 0.665. The number of ether oxygens (including phenoxy) is 7. The molecule has 0 radical (unpaired) electrons. The molecule has 2 aromatic carbocycles. The fourth-order valence-electron chi connectivity index (χ4n) is 9.05. The Labute approximate surface area is 357 Å². The van der Waals surface area contributed by atoms with Gasteiger partial charge in [0.2, 0.25) is 0 Å². The number of fused-ring (bicyclic) bond motifs is 2. The highest BCUT2D eigenvalue weighted by molar-refractivity contribution is 5.91. The lowest BCUT2D eigenvalue weighted by molar-refractivity contribution is 0.0734. The van der Waals surface area contributed by atoms with Crippen LogP contribution in [0.1, 0.15) is 177 Å². The average Bonchev–Trinajstić information content (AvgIpc) is 4.20. The quantitative estimate of drug-likeness (QED) is 0.0299. The van der Waals surface area contributed by atoms with Crippen molar-refractivity contribution in [2.75, 3.05) is 39.6 Å². The predicted octanol–water partition coefficient (Wildman–Crippen LogP) is 12.6. The third kappa shape index (κ3) is 18.9. The molecule has 0 amide bonds. The highest BCUT2D eigenvalue weighted by Gasteiger charge is 2.44. The van der Waals surface area contributed by atoms with Gasteiger partial charge in [0.1, 0.15) is 17.2 Å². The van der Waals surface area contributed by atoms with Gasteiger partial charge in [-0.05, 0) is 125 Å². The molecule has 2 saturated carbocycles. The van der Waals surface area contributed by atoms with Gasteiger partial charge in [-0.25, -0.2) is 4.79 Å². The van der Waals surface area contributed by atoms with Crippen molar-refractivity contribution >= 4 is 5.97 Å². The molecule has 0 N–H and O–H groups in total. The van der Waals surface area contributed by atoms with Crippen LogP contribution >= 0.6 is 0 Å². The Morgan fingerprint density at radius 3 is 1.19 bits per heavy atom. The lowest BCUT2D eigenvalue weighted by atomic mass is 9.90. The molecule has 4 aliphatic rings. The summed E-state index contributed by atoms with van der Waals surface area (Å²) in [5.74, 6) is 3.18. The molecule has 6 atom stereocenters. The lowest BCUT2D eigenvalue weighted by Crippen LogP contribution is -2.18. The van der Waals surface area contributed by atoms with Gasteiger partial charge in [-0.2, -0.15) is 0 Å². The summed E-state index contributed by atoms with van der Waals surface area (Å²) >= 11 is 0. The van der Waals surface area contributed by atoms with E-state index in [-0.39, 0.29) is 5.97 Å². The molecule has 330 valence electrons. The number of benzene rings is 2. The second-order valence-electron chi connectivity index (χ2n) is 18.1. The molecule has 8 nitrogen and oxygen atoms in total. The summed E-state index contributed by atoms with van der Waals surface area (Å²) in [5, 5.41) is 0. The van der Waals surface area contributed by atoms with E-state index in [0.717, 1.165) is 62.6 Å². The highest BCUT2D eigenvalue weighted by Crippen LogP contribution is 2.40. The second kappa shape index (κ2) is 27.3. The number of esters is 1. The Morgan fingerprint density at radius 2 is 0.780 bits per heavy atom. The molecule has 2 aliphatic carbocycles. The van der Waals surface area contributed by atoms with E-state index in [1.54, 1.807) is 24.3 Å². The summed E-state index contributed by atoms with van der Waals surface area (Å²) in [4.78, 5) is 12.7. The molecule has 2 aromatic rings. The van der Waals surface area contributed by atoms with Gasteiger partial charge in [0.05, 0.1) is 43.2 Å². The van der Waals surface area contributed by atoms with E-state index in [2.05, 4.69) is 0 Å². The number of hydrogen-bond donors (Lipinski definition) is 0. The van der Waals surface area contributed by atoms with Crippen molar-refractivity contribution in [3.05, 3.63) is 54.1 Å². The van der Waals surface area contributed by atoms with Crippen LogP contribution in [0, 0.1) is 11.8 Å². The van der Waals surface area contributed by atoms with Crippen LogP contribution in [0.15, 0.2) is 48.5 Å². The van der Waals surface area contributed by atoms with Gasteiger partial charge in [0, 0.05) is 26.4 Å². The maximum atomic E-state index is 12.7. The van der Waals surface area contributed by atoms with Crippen molar-refractivity contribution in [2.24, 2.45) is 11.8 Å². The topological polar surface area (TPSA) is 88.3 Å². The Hall–Kier alpha value is -2.65. The first-order chi connectivity index (χ1) is 29.2. The molecule has 0 spiro atoms. The minimum Gasteiger partial charge on any atom is -0.494 e. The van der Waals surface area contributed by atoms with Gasteiger partial charge in [0.25, 0.3) is 0 Å². The molecule has 4 fully saturated rings. The van der Waals surface area contributed by atoms with Gasteiger partial charge < -0.3 is 33.2 Å². The molecule has 0 aromatic heterocycles. The van der Waals surface area contributed by atoms with E-state index >= 15 is 0 Å². The van der Waals surface area contributed by atoms with Gasteiger partial charge in [-0.3, -0.25) is 0 Å². The number of carbonyl (C=O) groups excluding carboxylic acids is 1. The first-order valence-electron chi connectivity index (χ1n) is 24.3. The van der Waals surface area contributed by atoms with Crippen LogP contribution in [0.3, 0.4) is 0 Å². The Bertz CT molecular complexity index is 1400. The monoisotopic (exact) mass is 819 g/mol. The van der Waals surface area contributed by atoms with Crippen LogP contribution in [0.2, 0.25) is 0 Å². The van der Waals surface area contributed by atoms with Crippen LogP contribution in [0.25, 0.3) is 0 Å². The van der Waals surface area contributed by atoms with Crippen LogP contribution in [0.4, 0.5) is 0 Å². The zero-order valence-electron chi connectivity index (χ0n) is 36.5. The second-order valence-corrected chi connectivity index (χ2v) is 18.1. The van der Waals surface area contributed by atoms with Crippen molar-refractivity contribution in [1.82, 2.24) is 0 Å². The lowest BCUT2D eigenvalue weighted by Gasteiger charge is -2.18. The third-order valence-corrected chi connectivity index (χ3v) is 13.0. The Kier molecular flexibility index (Phi) is 21.2. The maximum Gasteiger partial charge on any atom is 0.343 e. The van der Waals surface area contributed by atoms with E-state index in [9.17, 15) is 4.79 Å². The fraction of sp³-hybridized carbons (Fsp3) is 0.745. The van der Waals surface area contributed by atoms with Crippen LogP contribution < -0.4 is 14.2 Å². The SMILES string of the molecule is O=C(Oc1ccc(OCCCCCCCCCCCCOCC2CCC3OC3C2)cc1)c1ccc(OCCCCCCCCCCCCOCC2CCC3OC3C2)cc1. The smallest absolute Gasteiger partial charge is 0.343 e. The molecule has 2 saturated heterocycles. The van der Waals surface area contributed by atoms with Crippen molar-refractivity contribution in [2.45, 2.75) is 191 Å². The zero-order valence-corrected chi connectivity index (χ0v) is 36.5. The summed E-state index contributed by atoms with van der Waals surface area (Å²) in [7, 11) is 0. The zero-order chi connectivity index (χ0) is 40.6. The summed E-state index contributed by atoms with van der Waals surface area (Å²) in [6, 6.07) is 14.6. The average molecular weight is 819 g/mol. The van der Waals surface area contributed by atoms with Crippen molar-refractivity contribution in [3.63, 3.8) is 0 Å². The summed E-state index contributed by atoms with van der Waals surface area (Å²) in [6.07, 6.45) is 35.1. The Morgan fingerprint density at radius 1 is 0.424 bits per heavy atom. The minimum absolute atomic E-state index is 0.376. The van der Waals surface area contributed by atoms with E-state index in [4.69, 9.17) is 33.2 Å². The molecule has 0 bridgehead atoms. The van der Waals surface area contributed by atoms with E-state index < -0.39 is 0 Å². The van der Waals surface area contributed by atoms with Gasteiger partial charge in [-0.1, -0.05) is 103 Å². The maximum absolute atomic E-state index is 12.7. The van der Waals surface area contributed by atoms with Crippen molar-refractivity contribution in [1.29, 1.82) is 0 Å². The molecule has 8 heteroatoms. The molecule has 6 unspecified atom stereocenters. The standard InChI is InChI=1S/C51H78O8/c52-51(43-23-25-44(26-24-43)55-35-19-15-11-7-3-1-5-9-13-17-33-53-39-41-21-31-47-49(37-41)58-47)57-46-29-27-45(28-30-46)56-36-20-16-12-8-4-2-6-10-14-18-34-54-40-42-22-32-48-50(38-42)59-48/h23-30,41-42,47-50H,1-22,31-40H2. The molecule has 2 aliphatic heterocycles. The van der Waals surface area contributed by atoms with Gasteiger partial charge in [-0.15, -0.1) is 0 Å².